The monoisotopic (exact) mass is 247 g/mol. The Hall–Kier alpha value is -1.71. The van der Waals surface area contributed by atoms with Crippen LogP contribution in [0.2, 0.25) is 0 Å². The van der Waals surface area contributed by atoms with Crippen LogP contribution in [0.15, 0.2) is 18.2 Å². The predicted octanol–water partition coefficient (Wildman–Crippen LogP) is 2.02. The largest absolute Gasteiger partial charge is 0.507 e. The van der Waals surface area contributed by atoms with Gasteiger partial charge in [-0.2, -0.15) is 0 Å². The number of aromatic hydroxyl groups is 2. The molecule has 4 heteroatoms. The maximum absolute atomic E-state index is 12.1. The van der Waals surface area contributed by atoms with Crippen LogP contribution in [0.25, 0.3) is 0 Å². The van der Waals surface area contributed by atoms with Gasteiger partial charge in [-0.05, 0) is 43.2 Å². The molecule has 0 saturated heterocycles. The van der Waals surface area contributed by atoms with Gasteiger partial charge in [0.05, 0.1) is 0 Å². The van der Waals surface area contributed by atoms with Gasteiger partial charge in [0.25, 0.3) is 5.91 Å². The van der Waals surface area contributed by atoms with E-state index in [1.54, 1.807) is 0 Å². The first kappa shape index (κ1) is 11.4. The molecule has 2 fully saturated rings. The second kappa shape index (κ2) is 4.19. The van der Waals surface area contributed by atoms with Crippen molar-refractivity contribution in [3.63, 3.8) is 0 Å². The number of amides is 1. The van der Waals surface area contributed by atoms with Crippen LogP contribution in [0.1, 0.15) is 36.0 Å². The molecule has 2 aliphatic carbocycles. The molecule has 0 aromatic heterocycles. The Bertz CT molecular complexity index is 466. The van der Waals surface area contributed by atoms with Crippen molar-refractivity contribution < 1.29 is 15.0 Å². The number of benzene rings is 1. The van der Waals surface area contributed by atoms with Crippen LogP contribution in [0.3, 0.4) is 0 Å². The Kier molecular flexibility index (Phi) is 2.65. The Labute approximate surface area is 106 Å². The highest BCUT2D eigenvalue weighted by molar-refractivity contribution is 5.99. The molecule has 1 amide bonds. The third kappa shape index (κ3) is 1.82. The molecule has 0 heterocycles. The summed E-state index contributed by atoms with van der Waals surface area (Å²) in [6.45, 7) is 0. The highest BCUT2D eigenvalue weighted by Gasteiger charge is 2.40. The molecule has 3 atom stereocenters. The molecule has 4 nitrogen and oxygen atoms in total. The van der Waals surface area contributed by atoms with Crippen molar-refractivity contribution in [2.45, 2.75) is 31.7 Å². The summed E-state index contributed by atoms with van der Waals surface area (Å²) in [5.74, 6) is 0.611. The minimum absolute atomic E-state index is 0.0136. The van der Waals surface area contributed by atoms with Crippen molar-refractivity contribution in [2.24, 2.45) is 11.8 Å². The van der Waals surface area contributed by atoms with E-state index in [4.69, 9.17) is 0 Å². The second-order valence-corrected chi connectivity index (χ2v) is 5.43. The van der Waals surface area contributed by atoms with Crippen molar-refractivity contribution in [3.8, 4) is 11.5 Å². The Balaban J connectivity index is 1.75. The molecule has 96 valence electrons. The van der Waals surface area contributed by atoms with Crippen molar-refractivity contribution in [1.82, 2.24) is 5.32 Å². The molecule has 2 saturated carbocycles. The third-order valence-electron chi connectivity index (χ3n) is 4.30. The number of nitrogens with one attached hydrogen (secondary N) is 1. The van der Waals surface area contributed by atoms with Gasteiger partial charge >= 0.3 is 0 Å². The molecule has 2 bridgehead atoms. The van der Waals surface area contributed by atoms with Gasteiger partial charge < -0.3 is 15.5 Å². The van der Waals surface area contributed by atoms with E-state index >= 15 is 0 Å². The lowest BCUT2D eigenvalue weighted by atomic mass is 9.95. The first-order valence-electron chi connectivity index (χ1n) is 6.47. The van der Waals surface area contributed by atoms with E-state index < -0.39 is 0 Å². The molecule has 1 aromatic rings. The molecule has 18 heavy (non-hydrogen) atoms. The van der Waals surface area contributed by atoms with Crippen LogP contribution >= 0.6 is 0 Å². The number of phenols is 2. The molecule has 3 N–H and O–H groups in total. The number of carbonyl (C=O) groups excluding carboxylic acids is 1. The number of hydrogen-bond donors (Lipinski definition) is 3. The van der Waals surface area contributed by atoms with E-state index in [0.29, 0.717) is 5.92 Å². The van der Waals surface area contributed by atoms with Crippen LogP contribution in [0.5, 0.6) is 11.5 Å². The van der Waals surface area contributed by atoms with E-state index in [9.17, 15) is 15.0 Å². The van der Waals surface area contributed by atoms with Crippen LogP contribution < -0.4 is 5.32 Å². The maximum atomic E-state index is 12.1. The normalized spacial score (nSPS) is 29.4. The van der Waals surface area contributed by atoms with E-state index in [1.165, 1.54) is 37.5 Å². The number of carbonyl (C=O) groups is 1. The summed E-state index contributed by atoms with van der Waals surface area (Å²) in [6, 6.07) is 4.54. The zero-order valence-corrected chi connectivity index (χ0v) is 10.1. The summed E-state index contributed by atoms with van der Waals surface area (Å²) in [6.07, 6.45) is 4.70. The topological polar surface area (TPSA) is 69.6 Å². The number of phenolic OH excluding ortho intramolecular Hbond substituents is 2. The fourth-order valence-corrected chi connectivity index (χ4v) is 3.42. The smallest absolute Gasteiger partial charge is 0.259 e. The van der Waals surface area contributed by atoms with Crippen LogP contribution in [0.4, 0.5) is 0 Å². The lowest BCUT2D eigenvalue weighted by molar-refractivity contribution is 0.0917. The lowest BCUT2D eigenvalue weighted by Gasteiger charge is -2.23. The zero-order valence-electron chi connectivity index (χ0n) is 10.1. The highest BCUT2D eigenvalue weighted by atomic mass is 16.3. The highest BCUT2D eigenvalue weighted by Crippen LogP contribution is 2.44. The third-order valence-corrected chi connectivity index (χ3v) is 4.30. The summed E-state index contributed by atoms with van der Waals surface area (Å²) in [4.78, 5) is 12.1. The quantitative estimate of drug-likeness (QED) is 0.748. The minimum atomic E-state index is -0.372. The van der Waals surface area contributed by atoms with Crippen LogP contribution in [-0.4, -0.2) is 22.2 Å². The van der Waals surface area contributed by atoms with Gasteiger partial charge in [0, 0.05) is 6.04 Å². The van der Waals surface area contributed by atoms with Crippen LogP contribution in [-0.2, 0) is 0 Å². The van der Waals surface area contributed by atoms with Gasteiger partial charge in [0.1, 0.15) is 17.1 Å². The Morgan fingerprint density at radius 2 is 1.89 bits per heavy atom. The molecule has 0 radical (unpaired) electrons. The van der Waals surface area contributed by atoms with Crippen molar-refractivity contribution in [3.05, 3.63) is 23.8 Å². The first-order valence-corrected chi connectivity index (χ1v) is 6.47. The lowest BCUT2D eigenvalue weighted by Crippen LogP contribution is -2.38. The zero-order chi connectivity index (χ0) is 12.7. The van der Waals surface area contributed by atoms with Crippen molar-refractivity contribution in [2.75, 3.05) is 0 Å². The molecule has 3 rings (SSSR count). The van der Waals surface area contributed by atoms with E-state index in [0.717, 1.165) is 12.3 Å². The maximum Gasteiger partial charge on any atom is 0.259 e. The molecular formula is C14H17NO3. The van der Waals surface area contributed by atoms with Crippen LogP contribution in [0, 0.1) is 11.8 Å². The molecular weight excluding hydrogens is 230 g/mol. The summed E-state index contributed by atoms with van der Waals surface area (Å²) in [7, 11) is 0. The average molecular weight is 247 g/mol. The van der Waals surface area contributed by atoms with Gasteiger partial charge in [0.2, 0.25) is 0 Å². The summed E-state index contributed by atoms with van der Waals surface area (Å²) < 4.78 is 0. The SMILES string of the molecule is O=C(NC1CC2CCC1C2)c1c(O)cccc1O. The summed E-state index contributed by atoms with van der Waals surface area (Å²) in [5, 5.41) is 22.2. The Morgan fingerprint density at radius 3 is 2.44 bits per heavy atom. The van der Waals surface area contributed by atoms with E-state index in [2.05, 4.69) is 5.32 Å². The molecule has 3 unspecified atom stereocenters. The first-order chi connectivity index (χ1) is 8.65. The van der Waals surface area contributed by atoms with Gasteiger partial charge in [-0.3, -0.25) is 4.79 Å². The number of hydrogen-bond acceptors (Lipinski definition) is 3. The number of fused-ring (bicyclic) bond motifs is 2. The second-order valence-electron chi connectivity index (χ2n) is 5.43. The molecule has 1 aromatic carbocycles. The number of rotatable bonds is 2. The molecule has 0 spiro atoms. The van der Waals surface area contributed by atoms with Gasteiger partial charge in [0.15, 0.2) is 0 Å². The fraction of sp³-hybridized carbons (Fsp3) is 0.500. The average Bonchev–Trinajstić information content (AvgIpc) is 2.90. The van der Waals surface area contributed by atoms with Crippen molar-refractivity contribution >= 4 is 5.91 Å². The summed E-state index contributed by atoms with van der Waals surface area (Å²) in [5.41, 5.74) is -0.0136. The molecule has 0 aliphatic heterocycles. The Morgan fingerprint density at radius 1 is 1.17 bits per heavy atom. The predicted molar refractivity (Wildman–Crippen MR) is 66.5 cm³/mol. The minimum Gasteiger partial charge on any atom is -0.507 e. The van der Waals surface area contributed by atoms with Crippen molar-refractivity contribution in [1.29, 1.82) is 0 Å². The van der Waals surface area contributed by atoms with E-state index in [-0.39, 0.29) is 29.0 Å². The summed E-state index contributed by atoms with van der Waals surface area (Å²) >= 11 is 0. The van der Waals surface area contributed by atoms with Gasteiger partial charge in [-0.15, -0.1) is 0 Å². The van der Waals surface area contributed by atoms with E-state index in [1.807, 2.05) is 0 Å². The van der Waals surface area contributed by atoms with Gasteiger partial charge in [-0.1, -0.05) is 12.5 Å². The standard InChI is InChI=1S/C14H17NO3/c16-11-2-1-3-12(17)13(11)14(18)15-10-7-8-4-5-9(10)6-8/h1-3,8-10,16-17H,4-7H2,(H,15,18). The van der Waals surface area contributed by atoms with Gasteiger partial charge in [-0.25, -0.2) is 0 Å². The fourth-order valence-electron chi connectivity index (χ4n) is 3.42. The molecule has 2 aliphatic rings.